The minimum atomic E-state index is -0.266. The van der Waals surface area contributed by atoms with Crippen molar-refractivity contribution in [3.05, 3.63) is 58.6 Å². The first-order chi connectivity index (χ1) is 11.4. The highest BCUT2D eigenvalue weighted by Gasteiger charge is 2.08. The molecule has 0 atom stereocenters. The number of carbonyl (C=O) groups is 2. The van der Waals surface area contributed by atoms with Crippen LogP contribution in [0.5, 0.6) is 5.75 Å². The molecule has 0 aliphatic carbocycles. The van der Waals surface area contributed by atoms with Gasteiger partial charge in [0.05, 0.1) is 0 Å². The molecule has 2 rings (SSSR count). The molecular formula is C18H19BrN2O3. The van der Waals surface area contributed by atoms with Crippen molar-refractivity contribution in [1.82, 2.24) is 5.32 Å². The number of hydrogen-bond acceptors (Lipinski definition) is 3. The van der Waals surface area contributed by atoms with Gasteiger partial charge in [0, 0.05) is 21.8 Å². The summed E-state index contributed by atoms with van der Waals surface area (Å²) in [5, 5.41) is 5.54. The van der Waals surface area contributed by atoms with Crippen LogP contribution < -0.4 is 15.4 Å². The van der Waals surface area contributed by atoms with Crippen LogP contribution in [0.3, 0.4) is 0 Å². The predicted molar refractivity (Wildman–Crippen MR) is 97.3 cm³/mol. The summed E-state index contributed by atoms with van der Waals surface area (Å²) in [7, 11) is 0. The summed E-state index contributed by atoms with van der Waals surface area (Å²) < 4.78 is 6.35. The molecule has 0 fully saturated rings. The normalized spacial score (nSPS) is 10.3. The maximum atomic E-state index is 11.9. The van der Waals surface area contributed by atoms with Gasteiger partial charge < -0.3 is 15.4 Å². The Labute approximate surface area is 149 Å². The molecule has 24 heavy (non-hydrogen) atoms. The van der Waals surface area contributed by atoms with Crippen molar-refractivity contribution in [1.29, 1.82) is 0 Å². The zero-order valence-corrected chi connectivity index (χ0v) is 15.1. The Hall–Kier alpha value is -2.34. The van der Waals surface area contributed by atoms with E-state index in [0.717, 1.165) is 4.47 Å². The maximum Gasteiger partial charge on any atom is 0.262 e. The first kappa shape index (κ1) is 18.0. The first-order valence-electron chi connectivity index (χ1n) is 7.53. The second kappa shape index (κ2) is 8.49. The Morgan fingerprint density at radius 1 is 1.04 bits per heavy atom. The van der Waals surface area contributed by atoms with Gasteiger partial charge in [0.15, 0.2) is 6.61 Å². The number of rotatable bonds is 6. The lowest BCUT2D eigenvalue weighted by Gasteiger charge is -2.10. The van der Waals surface area contributed by atoms with Crippen molar-refractivity contribution in [3.63, 3.8) is 0 Å². The molecular weight excluding hydrogens is 372 g/mol. The van der Waals surface area contributed by atoms with Crippen LogP contribution in [0.2, 0.25) is 0 Å². The highest BCUT2D eigenvalue weighted by molar-refractivity contribution is 9.10. The molecule has 0 radical (unpaired) electrons. The van der Waals surface area contributed by atoms with Gasteiger partial charge in [-0.25, -0.2) is 0 Å². The number of hydrogen-bond donors (Lipinski definition) is 2. The van der Waals surface area contributed by atoms with Crippen LogP contribution in [-0.2, 0) is 4.79 Å². The minimum absolute atomic E-state index is 0.0765. The summed E-state index contributed by atoms with van der Waals surface area (Å²) in [5.74, 6) is 0.216. The molecule has 2 aromatic rings. The number of benzene rings is 2. The van der Waals surface area contributed by atoms with E-state index >= 15 is 0 Å². The van der Waals surface area contributed by atoms with Gasteiger partial charge in [-0.05, 0) is 62.4 Å². The van der Waals surface area contributed by atoms with Crippen LogP contribution in [0.4, 0.5) is 5.69 Å². The number of amides is 2. The van der Waals surface area contributed by atoms with Gasteiger partial charge in [-0.3, -0.25) is 9.59 Å². The molecule has 5 nitrogen and oxygen atoms in total. The van der Waals surface area contributed by atoms with Crippen molar-refractivity contribution in [3.8, 4) is 5.75 Å². The molecule has 0 spiro atoms. The van der Waals surface area contributed by atoms with Crippen LogP contribution in [-0.4, -0.2) is 24.5 Å². The van der Waals surface area contributed by atoms with Gasteiger partial charge >= 0.3 is 0 Å². The summed E-state index contributed by atoms with van der Waals surface area (Å²) in [6.45, 7) is 3.72. The molecule has 126 valence electrons. The van der Waals surface area contributed by atoms with E-state index in [2.05, 4.69) is 26.6 Å². The van der Waals surface area contributed by atoms with Crippen LogP contribution >= 0.6 is 15.9 Å². The number of anilines is 1. The molecule has 0 saturated carbocycles. The smallest absolute Gasteiger partial charge is 0.262 e. The molecule has 0 heterocycles. The molecule has 0 aliphatic heterocycles. The highest BCUT2D eigenvalue weighted by atomic mass is 79.9. The summed E-state index contributed by atoms with van der Waals surface area (Å²) >= 11 is 3.34. The van der Waals surface area contributed by atoms with Crippen molar-refractivity contribution in [2.45, 2.75) is 19.9 Å². The fourth-order valence-corrected chi connectivity index (χ4v) is 2.19. The fraction of sp³-hybridized carbons (Fsp3) is 0.222. The summed E-state index contributed by atoms with van der Waals surface area (Å²) in [5.41, 5.74) is 1.16. The second-order valence-corrected chi connectivity index (χ2v) is 6.41. The van der Waals surface area contributed by atoms with Gasteiger partial charge in [0.2, 0.25) is 0 Å². The van der Waals surface area contributed by atoms with Gasteiger partial charge in [0.1, 0.15) is 5.75 Å². The van der Waals surface area contributed by atoms with E-state index in [1.165, 1.54) is 0 Å². The molecule has 0 aliphatic rings. The number of halogens is 1. The van der Waals surface area contributed by atoms with Crippen LogP contribution in [0, 0.1) is 0 Å². The highest BCUT2D eigenvalue weighted by Crippen LogP contribution is 2.16. The lowest BCUT2D eigenvalue weighted by molar-refractivity contribution is -0.118. The lowest BCUT2D eigenvalue weighted by Crippen LogP contribution is -2.30. The second-order valence-electron chi connectivity index (χ2n) is 5.50. The Morgan fingerprint density at radius 2 is 1.67 bits per heavy atom. The molecule has 6 heteroatoms. The quantitative estimate of drug-likeness (QED) is 0.791. The molecule has 0 unspecified atom stereocenters. The predicted octanol–water partition coefficient (Wildman–Crippen LogP) is 3.60. The largest absolute Gasteiger partial charge is 0.484 e. The topological polar surface area (TPSA) is 67.4 Å². The van der Waals surface area contributed by atoms with E-state index in [9.17, 15) is 9.59 Å². The van der Waals surface area contributed by atoms with Gasteiger partial charge in [-0.2, -0.15) is 0 Å². The molecule has 2 aromatic carbocycles. The third-order valence-electron chi connectivity index (χ3n) is 3.03. The van der Waals surface area contributed by atoms with E-state index in [1.807, 2.05) is 26.0 Å². The van der Waals surface area contributed by atoms with Gasteiger partial charge in [-0.15, -0.1) is 0 Å². The van der Waals surface area contributed by atoms with E-state index < -0.39 is 0 Å². The summed E-state index contributed by atoms with van der Waals surface area (Å²) in [6, 6.07) is 14.0. The van der Waals surface area contributed by atoms with Crippen LogP contribution in [0.25, 0.3) is 0 Å². The number of nitrogens with one attached hydrogen (secondary N) is 2. The molecule has 0 aromatic heterocycles. The monoisotopic (exact) mass is 390 g/mol. The van der Waals surface area contributed by atoms with E-state index in [0.29, 0.717) is 17.0 Å². The zero-order valence-electron chi connectivity index (χ0n) is 13.5. The molecule has 0 bridgehead atoms. The maximum absolute atomic E-state index is 11.9. The standard InChI is InChI=1S/C18H19BrN2O3/c1-12(2)20-18(23)13-3-7-15(8-4-13)21-17(22)11-24-16-9-5-14(19)6-10-16/h3-10,12H,11H2,1-2H3,(H,20,23)(H,21,22). The SMILES string of the molecule is CC(C)NC(=O)c1ccc(NC(=O)COc2ccc(Br)cc2)cc1. The average Bonchev–Trinajstić information content (AvgIpc) is 2.54. The Bertz CT molecular complexity index is 697. The van der Waals surface area contributed by atoms with Crippen molar-refractivity contribution < 1.29 is 14.3 Å². The van der Waals surface area contributed by atoms with E-state index in [1.54, 1.807) is 36.4 Å². The number of carbonyl (C=O) groups excluding carboxylic acids is 2. The van der Waals surface area contributed by atoms with Gasteiger partial charge in [-0.1, -0.05) is 15.9 Å². The average molecular weight is 391 g/mol. The van der Waals surface area contributed by atoms with Crippen molar-refractivity contribution in [2.24, 2.45) is 0 Å². The third-order valence-corrected chi connectivity index (χ3v) is 3.56. The Balaban J connectivity index is 1.85. The van der Waals surface area contributed by atoms with Gasteiger partial charge in [0.25, 0.3) is 11.8 Å². The molecule has 0 saturated heterocycles. The summed E-state index contributed by atoms with van der Waals surface area (Å²) in [4.78, 5) is 23.7. The van der Waals surface area contributed by atoms with E-state index in [-0.39, 0.29) is 24.5 Å². The van der Waals surface area contributed by atoms with Crippen LogP contribution in [0.1, 0.15) is 24.2 Å². The molecule has 2 amide bonds. The Kier molecular flexibility index (Phi) is 6.37. The lowest BCUT2D eigenvalue weighted by atomic mass is 10.2. The molecule has 2 N–H and O–H groups in total. The van der Waals surface area contributed by atoms with E-state index in [4.69, 9.17) is 4.74 Å². The van der Waals surface area contributed by atoms with Crippen molar-refractivity contribution >= 4 is 33.4 Å². The third kappa shape index (κ3) is 5.70. The number of ether oxygens (including phenoxy) is 1. The van der Waals surface area contributed by atoms with Crippen molar-refractivity contribution in [2.75, 3.05) is 11.9 Å². The summed E-state index contributed by atoms with van der Waals surface area (Å²) in [6.07, 6.45) is 0. The minimum Gasteiger partial charge on any atom is -0.484 e. The zero-order chi connectivity index (χ0) is 17.5. The van der Waals surface area contributed by atoms with Crippen LogP contribution in [0.15, 0.2) is 53.0 Å². The first-order valence-corrected chi connectivity index (χ1v) is 8.32. The fourth-order valence-electron chi connectivity index (χ4n) is 1.93. The Morgan fingerprint density at radius 3 is 2.25 bits per heavy atom.